The Morgan fingerprint density at radius 3 is 2.61 bits per heavy atom. The second-order valence-electron chi connectivity index (χ2n) is 4.39. The van der Waals surface area contributed by atoms with Crippen LogP contribution < -0.4 is 0 Å². The van der Waals surface area contributed by atoms with Crippen molar-refractivity contribution in [3.63, 3.8) is 0 Å². The first-order valence-corrected chi connectivity index (χ1v) is 6.08. The molecule has 0 N–H and O–H groups in total. The molecule has 1 saturated heterocycles. The Bertz CT molecular complexity index is 517. The maximum absolute atomic E-state index is 12.9. The molecule has 4 nitrogen and oxygen atoms in total. The molecule has 1 fully saturated rings. The van der Waals surface area contributed by atoms with E-state index in [2.05, 4.69) is 10.1 Å². The van der Waals surface area contributed by atoms with E-state index in [9.17, 15) is 4.39 Å². The molecule has 0 amide bonds. The van der Waals surface area contributed by atoms with Crippen LogP contribution in [-0.4, -0.2) is 28.0 Å². The van der Waals surface area contributed by atoms with E-state index >= 15 is 0 Å². The minimum Gasteiger partial charge on any atom is -0.381 e. The van der Waals surface area contributed by atoms with Crippen LogP contribution in [0.25, 0.3) is 5.69 Å². The lowest BCUT2D eigenvalue weighted by atomic mass is 9.99. The highest BCUT2D eigenvalue weighted by Crippen LogP contribution is 2.26. The van der Waals surface area contributed by atoms with Gasteiger partial charge in [-0.15, -0.1) is 0 Å². The summed E-state index contributed by atoms with van der Waals surface area (Å²) >= 11 is 0. The van der Waals surface area contributed by atoms with E-state index in [0.29, 0.717) is 5.92 Å². The van der Waals surface area contributed by atoms with Gasteiger partial charge in [-0.3, -0.25) is 0 Å². The van der Waals surface area contributed by atoms with Gasteiger partial charge in [0.1, 0.15) is 18.0 Å². The molecule has 0 atom stereocenters. The normalized spacial score (nSPS) is 16.9. The van der Waals surface area contributed by atoms with Crippen molar-refractivity contribution in [2.24, 2.45) is 0 Å². The van der Waals surface area contributed by atoms with Gasteiger partial charge in [0.15, 0.2) is 0 Å². The second-order valence-corrected chi connectivity index (χ2v) is 4.39. The third-order valence-electron chi connectivity index (χ3n) is 3.23. The van der Waals surface area contributed by atoms with Crippen molar-refractivity contribution in [2.45, 2.75) is 18.8 Å². The van der Waals surface area contributed by atoms with Gasteiger partial charge in [-0.05, 0) is 37.1 Å². The van der Waals surface area contributed by atoms with E-state index < -0.39 is 0 Å². The van der Waals surface area contributed by atoms with E-state index in [4.69, 9.17) is 4.74 Å². The van der Waals surface area contributed by atoms with Crippen LogP contribution in [0.15, 0.2) is 30.6 Å². The van der Waals surface area contributed by atoms with Crippen LogP contribution in [0.1, 0.15) is 24.6 Å². The van der Waals surface area contributed by atoms with Crippen molar-refractivity contribution in [3.05, 3.63) is 42.2 Å². The lowest BCUT2D eigenvalue weighted by molar-refractivity contribution is 0.0831. The SMILES string of the molecule is Fc1ccc(-n2ncnc2C2CCOCC2)cc1. The molecular weight excluding hydrogens is 233 g/mol. The summed E-state index contributed by atoms with van der Waals surface area (Å²) in [5.41, 5.74) is 0.843. The lowest BCUT2D eigenvalue weighted by Gasteiger charge is -2.21. The van der Waals surface area contributed by atoms with Crippen molar-refractivity contribution in [1.29, 1.82) is 0 Å². The van der Waals surface area contributed by atoms with Gasteiger partial charge in [0.2, 0.25) is 0 Å². The van der Waals surface area contributed by atoms with Gasteiger partial charge in [-0.25, -0.2) is 14.1 Å². The van der Waals surface area contributed by atoms with Crippen LogP contribution in [0.2, 0.25) is 0 Å². The number of nitrogens with zero attached hydrogens (tertiary/aromatic N) is 3. The average molecular weight is 247 g/mol. The standard InChI is InChI=1S/C13H14FN3O/c14-11-1-3-12(4-2-11)17-13(15-9-16-17)10-5-7-18-8-6-10/h1-4,9-10H,5-8H2. The Hall–Kier alpha value is -1.75. The molecule has 1 aromatic carbocycles. The predicted octanol–water partition coefficient (Wildman–Crippen LogP) is 2.30. The van der Waals surface area contributed by atoms with E-state index in [-0.39, 0.29) is 5.82 Å². The molecule has 0 spiro atoms. The maximum atomic E-state index is 12.9. The fourth-order valence-electron chi connectivity index (χ4n) is 2.27. The number of rotatable bonds is 2. The molecule has 3 rings (SSSR count). The summed E-state index contributed by atoms with van der Waals surface area (Å²) in [7, 11) is 0. The fourth-order valence-corrected chi connectivity index (χ4v) is 2.27. The molecule has 0 unspecified atom stereocenters. The zero-order chi connectivity index (χ0) is 12.4. The first-order valence-electron chi connectivity index (χ1n) is 6.08. The summed E-state index contributed by atoms with van der Waals surface area (Å²) in [6, 6.07) is 6.30. The fraction of sp³-hybridized carbons (Fsp3) is 0.385. The molecule has 0 radical (unpaired) electrons. The zero-order valence-electron chi connectivity index (χ0n) is 9.92. The van der Waals surface area contributed by atoms with Crippen LogP contribution in [0, 0.1) is 5.82 Å². The van der Waals surface area contributed by atoms with Gasteiger partial charge in [0.25, 0.3) is 0 Å². The maximum Gasteiger partial charge on any atom is 0.138 e. The molecule has 0 saturated carbocycles. The van der Waals surface area contributed by atoms with Crippen molar-refractivity contribution in [2.75, 3.05) is 13.2 Å². The number of halogens is 1. The number of aromatic nitrogens is 3. The molecule has 0 bridgehead atoms. The number of ether oxygens (including phenoxy) is 1. The van der Waals surface area contributed by atoms with E-state index in [1.165, 1.54) is 12.1 Å². The van der Waals surface area contributed by atoms with E-state index in [0.717, 1.165) is 37.6 Å². The molecule has 1 aromatic heterocycles. The second kappa shape index (κ2) is 4.86. The summed E-state index contributed by atoms with van der Waals surface area (Å²) in [5.74, 6) is 1.06. The Morgan fingerprint density at radius 1 is 1.17 bits per heavy atom. The molecule has 18 heavy (non-hydrogen) atoms. The van der Waals surface area contributed by atoms with Crippen molar-refractivity contribution >= 4 is 0 Å². The topological polar surface area (TPSA) is 39.9 Å². The van der Waals surface area contributed by atoms with E-state index in [1.807, 2.05) is 0 Å². The summed E-state index contributed by atoms with van der Waals surface area (Å²) < 4.78 is 20.1. The minimum atomic E-state index is -0.244. The van der Waals surface area contributed by atoms with Crippen LogP contribution in [-0.2, 0) is 4.74 Å². The third-order valence-corrected chi connectivity index (χ3v) is 3.23. The van der Waals surface area contributed by atoms with Crippen LogP contribution >= 0.6 is 0 Å². The molecule has 2 aromatic rings. The number of hydrogen-bond donors (Lipinski definition) is 0. The first-order chi connectivity index (χ1) is 8.84. The summed E-state index contributed by atoms with van der Waals surface area (Å²) in [4.78, 5) is 4.34. The highest BCUT2D eigenvalue weighted by atomic mass is 19.1. The Morgan fingerprint density at radius 2 is 1.89 bits per heavy atom. The highest BCUT2D eigenvalue weighted by molar-refractivity contribution is 5.32. The highest BCUT2D eigenvalue weighted by Gasteiger charge is 2.21. The molecule has 0 aliphatic carbocycles. The summed E-state index contributed by atoms with van der Waals surface area (Å²) in [6.07, 6.45) is 3.47. The lowest BCUT2D eigenvalue weighted by Crippen LogP contribution is -2.18. The first kappa shape index (κ1) is 11.3. The minimum absolute atomic E-state index is 0.244. The Labute approximate surface area is 104 Å². The van der Waals surface area contributed by atoms with Crippen LogP contribution in [0.3, 0.4) is 0 Å². The molecule has 94 valence electrons. The zero-order valence-corrected chi connectivity index (χ0v) is 9.92. The Kier molecular flexibility index (Phi) is 3.06. The Balaban J connectivity index is 1.93. The van der Waals surface area contributed by atoms with Gasteiger partial charge in [0, 0.05) is 19.1 Å². The number of hydrogen-bond acceptors (Lipinski definition) is 3. The van der Waals surface area contributed by atoms with Gasteiger partial charge in [0.05, 0.1) is 5.69 Å². The van der Waals surface area contributed by atoms with Gasteiger partial charge in [-0.2, -0.15) is 5.10 Å². The summed E-state index contributed by atoms with van der Waals surface area (Å²) in [5, 5.41) is 4.23. The quantitative estimate of drug-likeness (QED) is 0.817. The van der Waals surface area contributed by atoms with E-state index in [1.54, 1.807) is 23.1 Å². The molecule has 2 heterocycles. The van der Waals surface area contributed by atoms with Crippen molar-refractivity contribution in [3.8, 4) is 5.69 Å². The largest absolute Gasteiger partial charge is 0.381 e. The van der Waals surface area contributed by atoms with Gasteiger partial charge >= 0.3 is 0 Å². The van der Waals surface area contributed by atoms with Crippen molar-refractivity contribution < 1.29 is 9.13 Å². The smallest absolute Gasteiger partial charge is 0.138 e. The molecule has 5 heteroatoms. The average Bonchev–Trinajstić information content (AvgIpc) is 2.90. The van der Waals surface area contributed by atoms with Gasteiger partial charge < -0.3 is 4.74 Å². The molecular formula is C13H14FN3O. The monoisotopic (exact) mass is 247 g/mol. The van der Waals surface area contributed by atoms with Crippen molar-refractivity contribution in [1.82, 2.24) is 14.8 Å². The molecule has 1 aliphatic rings. The summed E-state index contributed by atoms with van der Waals surface area (Å²) in [6.45, 7) is 1.53. The predicted molar refractivity (Wildman–Crippen MR) is 64.1 cm³/mol. The van der Waals surface area contributed by atoms with Gasteiger partial charge in [-0.1, -0.05) is 0 Å². The molecule has 1 aliphatic heterocycles. The van der Waals surface area contributed by atoms with Crippen LogP contribution in [0.4, 0.5) is 4.39 Å². The van der Waals surface area contributed by atoms with Crippen LogP contribution in [0.5, 0.6) is 0 Å². The third kappa shape index (κ3) is 2.13. The number of benzene rings is 1.